The molecule has 0 radical (unpaired) electrons. The Bertz CT molecular complexity index is 1650. The van der Waals surface area contributed by atoms with E-state index in [0.717, 1.165) is 6.07 Å². The van der Waals surface area contributed by atoms with Crippen molar-refractivity contribution < 1.29 is 31.5 Å². The van der Waals surface area contributed by atoms with Crippen LogP contribution in [-0.2, 0) is 0 Å². The Morgan fingerprint density at radius 2 is 1.98 bits per heavy atom. The van der Waals surface area contributed by atoms with Gasteiger partial charge < -0.3 is 15.4 Å². The van der Waals surface area contributed by atoms with Crippen LogP contribution >= 0.6 is 0 Å². The number of nitriles is 1. The number of nitrogens with one attached hydrogen (secondary N) is 2. The fourth-order valence-electron chi connectivity index (χ4n) is 4.24. The molecule has 4 aromatic rings. The van der Waals surface area contributed by atoms with Crippen LogP contribution in [0, 0.1) is 29.9 Å². The highest BCUT2D eigenvalue weighted by molar-refractivity contribution is 5.97. The molecule has 5 rings (SSSR count). The van der Waals surface area contributed by atoms with Crippen LogP contribution < -0.4 is 15.4 Å². The van der Waals surface area contributed by atoms with E-state index in [1.54, 1.807) is 29.5 Å². The maximum Gasteiger partial charge on any atom is 0.390 e. The van der Waals surface area contributed by atoms with Gasteiger partial charge in [0.05, 0.1) is 36.3 Å². The number of benzene rings is 2. The number of anilines is 1. The van der Waals surface area contributed by atoms with Gasteiger partial charge in [0.25, 0.3) is 5.91 Å². The number of imidazole rings is 1. The lowest BCUT2D eigenvalue weighted by atomic mass is 10.0. The molecule has 1 fully saturated rings. The number of carbonyl (C=O) groups is 1. The van der Waals surface area contributed by atoms with Gasteiger partial charge in [-0.1, -0.05) is 12.1 Å². The van der Waals surface area contributed by atoms with Gasteiger partial charge in [0, 0.05) is 23.7 Å². The van der Waals surface area contributed by atoms with Crippen molar-refractivity contribution >= 4 is 17.2 Å². The van der Waals surface area contributed by atoms with Crippen LogP contribution in [-0.4, -0.2) is 33.6 Å². The Kier molecular flexibility index (Phi) is 6.83. The number of ether oxygens (including phenoxy) is 1. The molecule has 2 aromatic carbocycles. The zero-order valence-corrected chi connectivity index (χ0v) is 21.1. The van der Waals surface area contributed by atoms with Crippen LogP contribution in [0.5, 0.6) is 11.5 Å². The van der Waals surface area contributed by atoms with E-state index in [4.69, 9.17) is 4.74 Å². The van der Waals surface area contributed by atoms with Gasteiger partial charge in [-0.2, -0.15) is 22.8 Å². The molecule has 40 heavy (non-hydrogen) atoms. The van der Waals surface area contributed by atoms with Crippen molar-refractivity contribution in [1.29, 1.82) is 5.26 Å². The molecule has 1 aliphatic carbocycles. The SMILES string of the molecule is Cc1cc(-c2cnc3c(NCCC(F)(F)F)cc(Oc4cccc(F)c4F)cn23)ccc1C(=O)NC1(C#N)CC1. The van der Waals surface area contributed by atoms with Crippen molar-refractivity contribution in [3.05, 3.63) is 77.6 Å². The monoisotopic (exact) mass is 555 g/mol. The van der Waals surface area contributed by atoms with Crippen molar-refractivity contribution in [3.63, 3.8) is 0 Å². The smallest absolute Gasteiger partial charge is 0.390 e. The average molecular weight is 556 g/mol. The number of alkyl halides is 3. The Hall–Kier alpha value is -4.66. The number of fused-ring (bicyclic) bond motifs is 1. The van der Waals surface area contributed by atoms with Crippen LogP contribution in [0.4, 0.5) is 27.6 Å². The Labute approximate surface area is 225 Å². The summed E-state index contributed by atoms with van der Waals surface area (Å²) in [6.45, 7) is 1.28. The molecule has 0 aliphatic heterocycles. The third-order valence-electron chi connectivity index (χ3n) is 6.53. The van der Waals surface area contributed by atoms with Crippen LogP contribution in [0.3, 0.4) is 0 Å². The lowest BCUT2D eigenvalue weighted by Gasteiger charge is -2.15. The summed E-state index contributed by atoms with van der Waals surface area (Å²) in [5.74, 6) is -3.09. The van der Waals surface area contributed by atoms with Crippen molar-refractivity contribution in [1.82, 2.24) is 14.7 Å². The summed E-state index contributed by atoms with van der Waals surface area (Å²) in [4.78, 5) is 17.1. The van der Waals surface area contributed by atoms with E-state index in [0.29, 0.717) is 35.2 Å². The molecule has 0 unspecified atom stereocenters. The molecule has 12 heteroatoms. The van der Waals surface area contributed by atoms with Crippen molar-refractivity contribution in [2.75, 3.05) is 11.9 Å². The molecule has 2 aromatic heterocycles. The van der Waals surface area contributed by atoms with Crippen molar-refractivity contribution in [2.24, 2.45) is 0 Å². The molecule has 206 valence electrons. The second kappa shape index (κ2) is 10.1. The molecule has 2 heterocycles. The summed E-state index contributed by atoms with van der Waals surface area (Å²) in [6.07, 6.45) is -1.35. The van der Waals surface area contributed by atoms with Gasteiger partial charge in [-0.3, -0.25) is 9.20 Å². The zero-order valence-electron chi connectivity index (χ0n) is 21.1. The van der Waals surface area contributed by atoms with Crippen molar-refractivity contribution in [3.8, 4) is 28.8 Å². The van der Waals surface area contributed by atoms with Gasteiger partial charge in [0.2, 0.25) is 5.82 Å². The normalized spacial score (nSPS) is 14.0. The van der Waals surface area contributed by atoms with Crippen LogP contribution in [0.25, 0.3) is 16.9 Å². The first-order valence-electron chi connectivity index (χ1n) is 12.3. The Morgan fingerprint density at radius 3 is 2.65 bits per heavy atom. The highest BCUT2D eigenvalue weighted by Gasteiger charge is 2.44. The first-order valence-corrected chi connectivity index (χ1v) is 12.3. The first-order chi connectivity index (χ1) is 19.0. The molecular weight excluding hydrogens is 533 g/mol. The molecule has 1 aliphatic rings. The second-order valence-corrected chi connectivity index (χ2v) is 9.55. The largest absolute Gasteiger partial charge is 0.453 e. The topological polar surface area (TPSA) is 91.4 Å². The van der Waals surface area contributed by atoms with Crippen LogP contribution in [0.15, 0.2) is 54.9 Å². The Balaban J connectivity index is 1.52. The third-order valence-corrected chi connectivity index (χ3v) is 6.53. The van der Waals surface area contributed by atoms with E-state index in [-0.39, 0.29) is 23.0 Å². The van der Waals surface area contributed by atoms with Gasteiger partial charge in [-0.25, -0.2) is 9.37 Å². The van der Waals surface area contributed by atoms with E-state index >= 15 is 0 Å². The number of hydrogen-bond donors (Lipinski definition) is 2. The van der Waals surface area contributed by atoms with E-state index in [1.165, 1.54) is 30.6 Å². The van der Waals surface area contributed by atoms with E-state index in [9.17, 15) is 32.0 Å². The molecule has 2 N–H and O–H groups in total. The lowest BCUT2D eigenvalue weighted by molar-refractivity contribution is -0.131. The summed E-state index contributed by atoms with van der Waals surface area (Å²) in [5, 5.41) is 14.7. The lowest BCUT2D eigenvalue weighted by Crippen LogP contribution is -2.35. The summed E-state index contributed by atoms with van der Waals surface area (Å²) in [5.41, 5.74) is 1.77. The molecule has 7 nitrogen and oxygen atoms in total. The van der Waals surface area contributed by atoms with Crippen molar-refractivity contribution in [2.45, 2.75) is 37.9 Å². The zero-order chi connectivity index (χ0) is 28.7. The molecule has 0 bridgehead atoms. The van der Waals surface area contributed by atoms with Gasteiger partial charge in [0.1, 0.15) is 11.3 Å². The summed E-state index contributed by atoms with van der Waals surface area (Å²) in [6, 6.07) is 11.9. The minimum Gasteiger partial charge on any atom is -0.453 e. The first kappa shape index (κ1) is 26.9. The summed E-state index contributed by atoms with van der Waals surface area (Å²) < 4.78 is 73.5. The average Bonchev–Trinajstić information content (AvgIpc) is 3.53. The number of rotatable bonds is 8. The molecule has 0 atom stereocenters. The number of hydrogen-bond acceptors (Lipinski definition) is 5. The number of pyridine rings is 1. The molecule has 0 spiro atoms. The van der Waals surface area contributed by atoms with Gasteiger partial charge in [-0.15, -0.1) is 0 Å². The highest BCUT2D eigenvalue weighted by Crippen LogP contribution is 2.36. The number of carbonyl (C=O) groups excluding carboxylic acids is 1. The summed E-state index contributed by atoms with van der Waals surface area (Å²) in [7, 11) is 0. The number of aryl methyl sites for hydroxylation is 1. The van der Waals surface area contributed by atoms with Crippen LogP contribution in [0.2, 0.25) is 0 Å². The van der Waals surface area contributed by atoms with Gasteiger partial charge in [0.15, 0.2) is 17.2 Å². The molecular formula is C28H22F5N5O2. The fourth-order valence-corrected chi connectivity index (χ4v) is 4.24. The summed E-state index contributed by atoms with van der Waals surface area (Å²) >= 11 is 0. The number of halogens is 5. The quantitative estimate of drug-likeness (QED) is 0.241. The van der Waals surface area contributed by atoms with E-state index in [1.807, 2.05) is 0 Å². The fraction of sp³-hybridized carbons (Fsp3) is 0.250. The number of aromatic nitrogens is 2. The van der Waals surface area contributed by atoms with E-state index in [2.05, 4.69) is 21.7 Å². The molecule has 1 saturated carbocycles. The minimum absolute atomic E-state index is 0.0183. The molecule has 0 saturated heterocycles. The molecule has 1 amide bonds. The standard InChI is InChI=1S/C28H22F5N5O2/c1-16-11-17(5-6-19(16)26(39)37-27(15-34)7-8-27)22-13-36-25-21(35-10-9-28(31,32)33)12-18(14-38(22)25)40-23-4-2-3-20(29)24(23)30/h2-6,11-14,35H,7-10H2,1H3,(H,37,39). The highest BCUT2D eigenvalue weighted by atomic mass is 19.4. The second-order valence-electron chi connectivity index (χ2n) is 9.55. The number of nitrogens with zero attached hydrogens (tertiary/aromatic N) is 3. The minimum atomic E-state index is -4.39. The third kappa shape index (κ3) is 5.54. The predicted octanol–water partition coefficient (Wildman–Crippen LogP) is 6.53. The predicted molar refractivity (Wildman–Crippen MR) is 136 cm³/mol. The van der Waals surface area contributed by atoms with Gasteiger partial charge >= 0.3 is 6.18 Å². The maximum atomic E-state index is 14.3. The van der Waals surface area contributed by atoms with E-state index < -0.39 is 42.1 Å². The van der Waals surface area contributed by atoms with Gasteiger partial charge in [-0.05, 0) is 49.6 Å². The Morgan fingerprint density at radius 1 is 1.20 bits per heavy atom. The van der Waals surface area contributed by atoms with Crippen LogP contribution in [0.1, 0.15) is 35.2 Å². The maximum absolute atomic E-state index is 14.3. The number of amides is 1.